The lowest BCUT2D eigenvalue weighted by Crippen LogP contribution is -2.40. The molecule has 4 aromatic rings. The van der Waals surface area contributed by atoms with Gasteiger partial charge in [-0.2, -0.15) is 0 Å². The van der Waals surface area contributed by atoms with E-state index in [1.807, 2.05) is 26.2 Å². The van der Waals surface area contributed by atoms with E-state index in [1.54, 1.807) is 47.0 Å². The van der Waals surface area contributed by atoms with Crippen LogP contribution in [0.1, 0.15) is 80.9 Å². The fourth-order valence-corrected chi connectivity index (χ4v) is 14.3. The van der Waals surface area contributed by atoms with Crippen molar-refractivity contribution < 1.29 is 24.1 Å². The summed E-state index contributed by atoms with van der Waals surface area (Å²) in [5, 5.41) is 12.9. The van der Waals surface area contributed by atoms with Gasteiger partial charge in [0.15, 0.2) is 6.79 Å². The van der Waals surface area contributed by atoms with Crippen molar-refractivity contribution in [2.75, 3.05) is 27.6 Å². The average molecular weight is 780 g/mol. The molecule has 8 aliphatic carbocycles. The van der Waals surface area contributed by atoms with Gasteiger partial charge >= 0.3 is 0 Å². The van der Waals surface area contributed by atoms with Gasteiger partial charge in [-0.25, -0.2) is 0 Å². The van der Waals surface area contributed by atoms with Crippen LogP contribution in [-0.4, -0.2) is 32.7 Å². The molecular weight excluding hydrogens is 732 g/mol. The first-order valence-corrected chi connectivity index (χ1v) is 21.6. The Kier molecular flexibility index (Phi) is 9.73. The molecule has 2 aromatic heterocycles. The Labute approximate surface area is 324 Å². The van der Waals surface area contributed by atoms with Crippen LogP contribution in [0.3, 0.4) is 0 Å². The molecule has 0 spiro atoms. The summed E-state index contributed by atoms with van der Waals surface area (Å²) in [5.74, 6) is 9.68. The van der Waals surface area contributed by atoms with E-state index in [4.69, 9.17) is 42.1 Å². The number of hydrogen-bond donors (Lipinski definition) is 1. The average Bonchev–Trinajstić information content (AvgIpc) is 3.76. The molecule has 276 valence electrons. The number of phenolic OH excluding ortho intramolecular Hbond substituents is 1. The lowest BCUT2D eigenvalue weighted by atomic mass is 9.54. The number of halogens is 2. The van der Waals surface area contributed by atoms with Crippen LogP contribution in [0.2, 0.25) is 10.0 Å². The minimum atomic E-state index is 0.148. The number of allylic oxidation sites excluding steroid dienone is 2. The number of methoxy groups -OCH3 is 2. The summed E-state index contributed by atoms with van der Waals surface area (Å²) >= 11 is 16.4. The molecule has 9 heteroatoms. The van der Waals surface area contributed by atoms with Crippen molar-refractivity contribution >= 4 is 77.6 Å². The first kappa shape index (κ1) is 35.3. The number of thiophene rings is 2. The molecule has 8 aliphatic rings. The predicted octanol–water partition coefficient (Wildman–Crippen LogP) is 12.8. The minimum Gasteiger partial charge on any atom is -0.506 e. The summed E-state index contributed by atoms with van der Waals surface area (Å²) in [6.07, 6.45) is 13.7. The number of benzene rings is 2. The second-order valence-corrected chi connectivity index (χ2v) is 19.1. The minimum absolute atomic E-state index is 0.148. The molecule has 8 fully saturated rings. The topological polar surface area (TPSA) is 57.2 Å². The molecule has 0 unspecified atom stereocenters. The predicted molar refractivity (Wildman–Crippen MR) is 214 cm³/mol. The van der Waals surface area contributed by atoms with Gasteiger partial charge in [-0.15, -0.1) is 22.7 Å². The summed E-state index contributed by atoms with van der Waals surface area (Å²) in [7, 11) is 3.63. The smallest absolute Gasteiger partial charge is 0.189 e. The molecule has 0 saturated heterocycles. The standard InChI is InChI=1S/C23H27ClO3S.C20H21ClO2S/c1-3-26-12-27-18-4-5-19-17(22(18)24)11-20(28-19)23(25-2)21-15-7-13-6-14(9-15)10-16(21)8-13;1-23-20(17-9-14-16(24-17)3-2-15(22)19(14)21)18-12-5-10-4-11(7-12)8-13(18)6-10/h4-5,11,13-16H,3,6-10,12H2,1-2H3;2-3,9-13,22H,4-8H2,1H3. The number of ether oxygens (including phenoxy) is 4. The third kappa shape index (κ3) is 6.24. The van der Waals surface area contributed by atoms with E-state index >= 15 is 0 Å². The number of rotatable bonds is 8. The number of fused-ring (bicyclic) bond motifs is 2. The van der Waals surface area contributed by atoms with Gasteiger partial charge in [0.1, 0.15) is 23.0 Å². The van der Waals surface area contributed by atoms with E-state index in [0.29, 0.717) is 34.2 Å². The van der Waals surface area contributed by atoms with Gasteiger partial charge in [-0.1, -0.05) is 23.2 Å². The molecular formula is C43H48Cl2O5S2. The highest BCUT2D eigenvalue weighted by Crippen LogP contribution is 2.60. The summed E-state index contributed by atoms with van der Waals surface area (Å²) in [4.78, 5) is 2.35. The third-order valence-corrected chi connectivity index (χ3v) is 16.1. The normalized spacial score (nSPS) is 29.5. The molecule has 0 atom stereocenters. The van der Waals surface area contributed by atoms with E-state index in [0.717, 1.165) is 67.4 Å². The van der Waals surface area contributed by atoms with Crippen LogP contribution in [0.5, 0.6) is 11.5 Å². The second-order valence-electron chi connectivity index (χ2n) is 16.2. The van der Waals surface area contributed by atoms with Crippen LogP contribution >= 0.6 is 45.9 Å². The van der Waals surface area contributed by atoms with Gasteiger partial charge in [0.05, 0.1) is 34.0 Å². The Balaban J connectivity index is 0.000000140. The molecule has 0 amide bonds. The van der Waals surface area contributed by atoms with E-state index < -0.39 is 0 Å². The maximum Gasteiger partial charge on any atom is 0.189 e. The summed E-state index contributed by atoms with van der Waals surface area (Å²) < 4.78 is 25.2. The van der Waals surface area contributed by atoms with Crippen molar-refractivity contribution in [3.05, 3.63) is 67.3 Å². The van der Waals surface area contributed by atoms with Crippen molar-refractivity contribution in [2.45, 2.75) is 71.1 Å². The lowest BCUT2D eigenvalue weighted by molar-refractivity contribution is 0.0225. The van der Waals surface area contributed by atoms with Crippen molar-refractivity contribution in [3.8, 4) is 11.5 Å². The molecule has 8 saturated carbocycles. The van der Waals surface area contributed by atoms with Crippen LogP contribution < -0.4 is 4.74 Å². The highest BCUT2D eigenvalue weighted by molar-refractivity contribution is 7.20. The van der Waals surface area contributed by atoms with Crippen LogP contribution in [0.15, 0.2) is 47.5 Å². The first-order valence-electron chi connectivity index (χ1n) is 19.2. The first-order chi connectivity index (χ1) is 25.3. The fourth-order valence-electron chi connectivity index (χ4n) is 11.5. The van der Waals surface area contributed by atoms with Gasteiger partial charge < -0.3 is 24.1 Å². The highest BCUT2D eigenvalue weighted by atomic mass is 35.5. The molecule has 0 aliphatic heterocycles. The van der Waals surface area contributed by atoms with Crippen LogP contribution in [-0.2, 0) is 14.2 Å². The van der Waals surface area contributed by atoms with Gasteiger partial charge in [-0.05, 0) is 166 Å². The Bertz CT molecular complexity index is 2000. The molecule has 0 radical (unpaired) electrons. The molecule has 52 heavy (non-hydrogen) atoms. The van der Waals surface area contributed by atoms with E-state index in [1.165, 1.54) is 73.8 Å². The maximum absolute atomic E-state index is 9.87. The van der Waals surface area contributed by atoms with Crippen LogP contribution in [0.25, 0.3) is 31.7 Å². The second kappa shape index (κ2) is 14.3. The Hall–Kier alpha value is -2.42. The zero-order valence-corrected chi connectivity index (χ0v) is 33.4. The fraction of sp³-hybridized carbons (Fsp3) is 0.535. The van der Waals surface area contributed by atoms with Crippen molar-refractivity contribution in [1.29, 1.82) is 0 Å². The molecule has 2 aromatic carbocycles. The maximum atomic E-state index is 9.87. The summed E-state index contributed by atoms with van der Waals surface area (Å²) in [6, 6.07) is 11.9. The lowest BCUT2D eigenvalue weighted by Gasteiger charge is -2.51. The zero-order valence-electron chi connectivity index (χ0n) is 30.2. The highest BCUT2D eigenvalue weighted by Gasteiger charge is 2.48. The van der Waals surface area contributed by atoms with Gasteiger partial charge in [0.2, 0.25) is 0 Å². The van der Waals surface area contributed by atoms with Crippen LogP contribution in [0.4, 0.5) is 0 Å². The zero-order chi connectivity index (χ0) is 35.7. The quantitative estimate of drug-likeness (QED) is 0.110. The van der Waals surface area contributed by atoms with E-state index in [-0.39, 0.29) is 12.5 Å². The molecule has 1 N–H and O–H groups in total. The SMILES string of the molecule is CCOCOc1ccc2sc(C(OC)=C3C4CC5CC(C4)CC3C5)cc2c1Cl.COC(=C1C2CC3CC(C2)CC1C3)c1cc2c(Cl)c(O)ccc2s1. The molecule has 5 nitrogen and oxygen atoms in total. The Morgan fingerprint density at radius 3 is 1.54 bits per heavy atom. The van der Waals surface area contributed by atoms with E-state index in [9.17, 15) is 5.11 Å². The van der Waals surface area contributed by atoms with Crippen molar-refractivity contribution in [3.63, 3.8) is 0 Å². The molecule has 8 bridgehead atoms. The number of hydrogen-bond acceptors (Lipinski definition) is 7. The van der Waals surface area contributed by atoms with Crippen molar-refractivity contribution in [2.24, 2.45) is 47.3 Å². The van der Waals surface area contributed by atoms with Gasteiger partial charge in [0.25, 0.3) is 0 Å². The Morgan fingerprint density at radius 2 is 1.10 bits per heavy atom. The van der Waals surface area contributed by atoms with E-state index in [2.05, 4.69) is 18.2 Å². The van der Waals surface area contributed by atoms with Gasteiger partial charge in [0, 0.05) is 26.8 Å². The summed E-state index contributed by atoms with van der Waals surface area (Å²) in [6.45, 7) is 2.79. The molecule has 2 heterocycles. The monoisotopic (exact) mass is 778 g/mol. The Morgan fingerprint density at radius 1 is 0.654 bits per heavy atom. The number of aromatic hydroxyl groups is 1. The molecule has 12 rings (SSSR count). The van der Waals surface area contributed by atoms with Crippen LogP contribution in [0, 0.1) is 47.3 Å². The summed E-state index contributed by atoms with van der Waals surface area (Å²) in [5.41, 5.74) is 3.15. The number of phenols is 1. The van der Waals surface area contributed by atoms with Crippen molar-refractivity contribution in [1.82, 2.24) is 0 Å². The largest absolute Gasteiger partial charge is 0.506 e. The van der Waals surface area contributed by atoms with Gasteiger partial charge in [-0.3, -0.25) is 0 Å². The third-order valence-electron chi connectivity index (χ3n) is 13.1.